The molecule has 0 N–H and O–H groups in total. The van der Waals surface area contributed by atoms with E-state index in [1.807, 2.05) is 40.9 Å². The molecule has 0 spiro atoms. The number of methoxy groups -OCH3 is 1. The third-order valence-electron chi connectivity index (χ3n) is 4.11. The lowest BCUT2D eigenvalue weighted by Crippen LogP contribution is -2.43. The first-order valence-corrected chi connectivity index (χ1v) is 7.95. The van der Waals surface area contributed by atoms with E-state index in [0.29, 0.717) is 17.8 Å². The number of benzene rings is 1. The van der Waals surface area contributed by atoms with E-state index in [1.54, 1.807) is 31.5 Å². The summed E-state index contributed by atoms with van der Waals surface area (Å²) >= 11 is 0. The summed E-state index contributed by atoms with van der Waals surface area (Å²) in [5.41, 5.74) is 2.09. The molecule has 0 saturated heterocycles. The van der Waals surface area contributed by atoms with Crippen LogP contribution in [0.25, 0.3) is 5.65 Å². The highest BCUT2D eigenvalue weighted by atomic mass is 16.5. The molecule has 25 heavy (non-hydrogen) atoms. The molecule has 0 radical (unpaired) electrons. The Bertz CT molecular complexity index is 889. The average molecular weight is 337 g/mol. The van der Waals surface area contributed by atoms with Crippen molar-refractivity contribution in [1.29, 1.82) is 0 Å². The Morgan fingerprint density at radius 1 is 1.20 bits per heavy atom. The van der Waals surface area contributed by atoms with Crippen LogP contribution in [0.3, 0.4) is 0 Å². The number of aromatic nitrogens is 2. The predicted octanol–water partition coefficient (Wildman–Crippen LogP) is 2.54. The lowest BCUT2D eigenvalue weighted by atomic mass is 10.1. The van der Waals surface area contributed by atoms with Crippen molar-refractivity contribution in [3.63, 3.8) is 0 Å². The van der Waals surface area contributed by atoms with Gasteiger partial charge in [-0.2, -0.15) is 0 Å². The maximum absolute atomic E-state index is 13.1. The molecule has 128 valence electrons. The highest BCUT2D eigenvalue weighted by Crippen LogP contribution is 2.15. The number of hydrogen-bond donors (Lipinski definition) is 0. The van der Waals surface area contributed by atoms with Crippen LogP contribution in [0.15, 0.2) is 61.1 Å². The van der Waals surface area contributed by atoms with Crippen LogP contribution in [0.2, 0.25) is 0 Å². The van der Waals surface area contributed by atoms with Gasteiger partial charge in [0.15, 0.2) is 0 Å². The first-order chi connectivity index (χ1) is 12.1. The summed E-state index contributed by atoms with van der Waals surface area (Å²) in [5.74, 6) is -0.696. The molecule has 0 aliphatic heterocycles. The Kier molecular flexibility index (Phi) is 4.79. The average Bonchev–Trinajstić information content (AvgIpc) is 3.13. The van der Waals surface area contributed by atoms with E-state index in [-0.39, 0.29) is 5.91 Å². The van der Waals surface area contributed by atoms with Crippen LogP contribution in [0, 0.1) is 0 Å². The number of amides is 1. The van der Waals surface area contributed by atoms with Crippen LogP contribution in [-0.2, 0) is 16.1 Å². The molecule has 6 nitrogen and oxygen atoms in total. The number of fused-ring (bicyclic) bond motifs is 1. The minimum atomic E-state index is -0.700. The van der Waals surface area contributed by atoms with Crippen molar-refractivity contribution in [3.05, 3.63) is 72.2 Å². The lowest BCUT2D eigenvalue weighted by Gasteiger charge is -2.27. The zero-order valence-corrected chi connectivity index (χ0v) is 14.1. The number of carbonyl (C=O) groups is 2. The van der Waals surface area contributed by atoms with Crippen LogP contribution in [0.4, 0.5) is 0 Å². The van der Waals surface area contributed by atoms with Crippen molar-refractivity contribution in [2.24, 2.45) is 0 Å². The number of hydrogen-bond acceptors (Lipinski definition) is 4. The van der Waals surface area contributed by atoms with E-state index in [4.69, 9.17) is 4.74 Å². The fourth-order valence-corrected chi connectivity index (χ4v) is 2.67. The molecule has 1 amide bonds. The van der Waals surface area contributed by atoms with Crippen LogP contribution in [0.1, 0.15) is 22.8 Å². The van der Waals surface area contributed by atoms with Gasteiger partial charge in [0.25, 0.3) is 5.91 Å². The monoisotopic (exact) mass is 337 g/mol. The van der Waals surface area contributed by atoms with Crippen molar-refractivity contribution in [2.45, 2.75) is 19.5 Å². The Balaban J connectivity index is 1.94. The van der Waals surface area contributed by atoms with Crippen molar-refractivity contribution in [2.75, 3.05) is 7.11 Å². The van der Waals surface area contributed by atoms with Gasteiger partial charge < -0.3 is 14.0 Å². The zero-order valence-electron chi connectivity index (χ0n) is 14.1. The summed E-state index contributed by atoms with van der Waals surface area (Å²) in [6.45, 7) is 1.98. The van der Waals surface area contributed by atoms with E-state index < -0.39 is 12.0 Å². The molecular weight excluding hydrogens is 318 g/mol. The van der Waals surface area contributed by atoms with Gasteiger partial charge in [-0.25, -0.2) is 9.78 Å². The van der Waals surface area contributed by atoms with Crippen molar-refractivity contribution in [3.8, 4) is 0 Å². The van der Waals surface area contributed by atoms with Crippen LogP contribution >= 0.6 is 0 Å². The number of esters is 1. The number of imidazole rings is 1. The van der Waals surface area contributed by atoms with Gasteiger partial charge >= 0.3 is 5.97 Å². The third-order valence-corrected chi connectivity index (χ3v) is 4.11. The molecular formula is C19H19N3O3. The SMILES string of the molecule is COC(=O)[C@H](C)N(Cc1ccccc1)C(=O)c1ccn2ccnc2c1. The summed E-state index contributed by atoms with van der Waals surface area (Å²) in [4.78, 5) is 30.8. The molecule has 3 aromatic rings. The fourth-order valence-electron chi connectivity index (χ4n) is 2.67. The normalized spacial score (nSPS) is 11.9. The number of carbonyl (C=O) groups excluding carboxylic acids is 2. The molecule has 0 fully saturated rings. The van der Waals surface area contributed by atoms with E-state index in [0.717, 1.165) is 5.56 Å². The van der Waals surface area contributed by atoms with Crippen LogP contribution in [-0.4, -0.2) is 39.3 Å². The van der Waals surface area contributed by atoms with E-state index in [1.165, 1.54) is 12.0 Å². The van der Waals surface area contributed by atoms with Gasteiger partial charge in [-0.3, -0.25) is 4.79 Å². The van der Waals surface area contributed by atoms with Crippen molar-refractivity contribution in [1.82, 2.24) is 14.3 Å². The molecule has 0 bridgehead atoms. The Morgan fingerprint density at radius 2 is 1.96 bits per heavy atom. The molecule has 2 heterocycles. The highest BCUT2D eigenvalue weighted by Gasteiger charge is 2.27. The van der Waals surface area contributed by atoms with Gasteiger partial charge in [-0.15, -0.1) is 0 Å². The summed E-state index contributed by atoms with van der Waals surface area (Å²) in [6, 6.07) is 12.3. The van der Waals surface area contributed by atoms with Gasteiger partial charge in [-0.05, 0) is 24.6 Å². The number of pyridine rings is 1. The topological polar surface area (TPSA) is 63.9 Å². The smallest absolute Gasteiger partial charge is 0.328 e. The van der Waals surface area contributed by atoms with Crippen LogP contribution < -0.4 is 0 Å². The number of nitrogens with zero attached hydrogens (tertiary/aromatic N) is 3. The minimum absolute atomic E-state index is 0.243. The third kappa shape index (κ3) is 3.52. The predicted molar refractivity (Wildman–Crippen MR) is 93.0 cm³/mol. The highest BCUT2D eigenvalue weighted by molar-refractivity contribution is 5.97. The van der Waals surface area contributed by atoms with Gasteiger partial charge in [0.1, 0.15) is 11.7 Å². The standard InChI is InChI=1S/C19H19N3O3/c1-14(19(24)25-2)22(13-15-6-4-3-5-7-15)18(23)16-8-10-21-11-9-20-17(21)12-16/h3-12,14H,13H2,1-2H3/t14-/m0/s1. The quantitative estimate of drug-likeness (QED) is 0.671. The molecule has 6 heteroatoms. The first kappa shape index (κ1) is 16.7. The molecule has 0 saturated carbocycles. The molecule has 1 aromatic carbocycles. The molecule has 3 rings (SSSR count). The lowest BCUT2D eigenvalue weighted by molar-refractivity contribution is -0.145. The summed E-state index contributed by atoms with van der Waals surface area (Å²) in [5, 5.41) is 0. The Morgan fingerprint density at radius 3 is 2.68 bits per heavy atom. The largest absolute Gasteiger partial charge is 0.467 e. The number of rotatable bonds is 5. The maximum Gasteiger partial charge on any atom is 0.328 e. The minimum Gasteiger partial charge on any atom is -0.467 e. The summed E-state index contributed by atoms with van der Waals surface area (Å²) in [6.07, 6.45) is 5.25. The zero-order chi connectivity index (χ0) is 17.8. The number of ether oxygens (including phenoxy) is 1. The van der Waals surface area contributed by atoms with Gasteiger partial charge in [0, 0.05) is 30.7 Å². The molecule has 0 unspecified atom stereocenters. The van der Waals surface area contributed by atoms with Gasteiger partial charge in [-0.1, -0.05) is 30.3 Å². The van der Waals surface area contributed by atoms with E-state index >= 15 is 0 Å². The van der Waals surface area contributed by atoms with Crippen molar-refractivity contribution < 1.29 is 14.3 Å². The first-order valence-electron chi connectivity index (χ1n) is 7.95. The van der Waals surface area contributed by atoms with Crippen LogP contribution in [0.5, 0.6) is 0 Å². The second kappa shape index (κ2) is 7.17. The Hall–Kier alpha value is -3.15. The fraction of sp³-hybridized carbons (Fsp3) is 0.211. The second-order valence-electron chi connectivity index (χ2n) is 5.73. The maximum atomic E-state index is 13.1. The summed E-state index contributed by atoms with van der Waals surface area (Å²) < 4.78 is 6.65. The van der Waals surface area contributed by atoms with E-state index in [2.05, 4.69) is 4.98 Å². The molecule has 0 aliphatic rings. The molecule has 2 aromatic heterocycles. The Labute approximate surface area is 145 Å². The molecule has 0 aliphatic carbocycles. The summed E-state index contributed by atoms with van der Waals surface area (Å²) in [7, 11) is 1.32. The van der Waals surface area contributed by atoms with Gasteiger partial charge in [0.05, 0.1) is 7.11 Å². The van der Waals surface area contributed by atoms with E-state index in [9.17, 15) is 9.59 Å². The second-order valence-corrected chi connectivity index (χ2v) is 5.73. The van der Waals surface area contributed by atoms with Crippen molar-refractivity contribution >= 4 is 17.5 Å². The van der Waals surface area contributed by atoms with Gasteiger partial charge in [0.2, 0.25) is 0 Å². The molecule has 1 atom stereocenters.